The maximum atomic E-state index is 6.57. The zero-order chi connectivity index (χ0) is 14.0. The molecule has 2 saturated heterocycles. The maximum Gasteiger partial charge on any atom is 0.0872 e. The van der Waals surface area contributed by atoms with E-state index in [1.807, 2.05) is 0 Å². The van der Waals surface area contributed by atoms with Gasteiger partial charge in [-0.3, -0.25) is 0 Å². The van der Waals surface area contributed by atoms with Crippen LogP contribution in [0.1, 0.15) is 84.0 Å². The van der Waals surface area contributed by atoms with E-state index in [2.05, 4.69) is 12.2 Å². The molecule has 3 spiro atoms. The fourth-order valence-electron chi connectivity index (χ4n) is 7.79. The van der Waals surface area contributed by atoms with Crippen LogP contribution in [0.15, 0.2) is 0 Å². The van der Waals surface area contributed by atoms with E-state index in [0.29, 0.717) is 5.54 Å². The van der Waals surface area contributed by atoms with Gasteiger partial charge in [-0.2, -0.15) is 0 Å². The Bertz CT molecular complexity index is 506. The second-order valence-corrected chi connectivity index (χ2v) is 9.88. The molecule has 7 fully saturated rings. The minimum atomic E-state index is 0.220. The second-order valence-electron chi connectivity index (χ2n) is 9.88. The van der Waals surface area contributed by atoms with Crippen molar-refractivity contribution in [1.82, 2.24) is 5.32 Å². The molecule has 0 radical (unpaired) electrons. The molecule has 1 N–H and O–H groups in total. The van der Waals surface area contributed by atoms with Crippen molar-refractivity contribution in [3.05, 3.63) is 0 Å². The summed E-state index contributed by atoms with van der Waals surface area (Å²) in [5.41, 5.74) is 2.35. The van der Waals surface area contributed by atoms with Crippen LogP contribution in [0.2, 0.25) is 0 Å². The summed E-state index contributed by atoms with van der Waals surface area (Å²) in [4.78, 5) is 0. The molecule has 0 amide bonds. The Morgan fingerprint density at radius 3 is 2.05 bits per heavy atom. The van der Waals surface area contributed by atoms with Crippen molar-refractivity contribution in [1.29, 1.82) is 0 Å². The van der Waals surface area contributed by atoms with Crippen LogP contribution in [-0.2, 0) is 4.74 Å². The first-order valence-corrected chi connectivity index (χ1v) is 9.53. The van der Waals surface area contributed by atoms with Crippen molar-refractivity contribution in [3.63, 3.8) is 0 Å². The normalized spacial score (nSPS) is 52.7. The topological polar surface area (TPSA) is 21.3 Å². The van der Waals surface area contributed by atoms with Gasteiger partial charge in [0, 0.05) is 6.04 Å². The monoisotopic (exact) mass is 287 g/mol. The molecule has 2 heterocycles. The summed E-state index contributed by atoms with van der Waals surface area (Å²) in [5, 5.41) is 4.27. The number of rotatable bonds is 2. The van der Waals surface area contributed by atoms with Crippen molar-refractivity contribution < 1.29 is 4.74 Å². The fraction of sp³-hybridized carbons (Fsp3) is 1.00. The summed E-state index contributed by atoms with van der Waals surface area (Å²) >= 11 is 0. The van der Waals surface area contributed by atoms with Crippen molar-refractivity contribution >= 4 is 0 Å². The molecular weight excluding hydrogens is 258 g/mol. The van der Waals surface area contributed by atoms with Crippen LogP contribution in [0.25, 0.3) is 0 Å². The van der Waals surface area contributed by atoms with Crippen LogP contribution in [-0.4, -0.2) is 22.8 Å². The Kier molecular flexibility index (Phi) is 1.91. The van der Waals surface area contributed by atoms with Gasteiger partial charge in [0.2, 0.25) is 0 Å². The highest BCUT2D eigenvalue weighted by Gasteiger charge is 2.77. The molecule has 116 valence electrons. The lowest BCUT2D eigenvalue weighted by molar-refractivity contribution is -0.222. The number of nitrogens with one attached hydrogen (secondary N) is 1. The van der Waals surface area contributed by atoms with Gasteiger partial charge in [-0.05, 0) is 82.0 Å². The molecule has 21 heavy (non-hydrogen) atoms. The highest BCUT2D eigenvalue weighted by molar-refractivity contribution is 5.32. The highest BCUT2D eigenvalue weighted by atomic mass is 16.5. The molecule has 1 atom stereocenters. The van der Waals surface area contributed by atoms with Gasteiger partial charge in [0.15, 0.2) is 0 Å². The van der Waals surface area contributed by atoms with E-state index in [4.69, 9.17) is 4.74 Å². The van der Waals surface area contributed by atoms with E-state index in [1.165, 1.54) is 77.0 Å². The number of fused-ring (bicyclic) bond motifs is 1. The molecule has 2 heteroatoms. The quantitative estimate of drug-likeness (QED) is 0.831. The standard InChI is InChI=1S/C19H29NO/c1-15-12-18(13-15,19(21-15)9-4-10-19)20-14-11-16(5-2-6-16)17(14)7-3-8-17/h14,20H,2-13H2,1H3. The summed E-state index contributed by atoms with van der Waals surface area (Å²) in [6.07, 6.45) is 17.2. The van der Waals surface area contributed by atoms with E-state index in [9.17, 15) is 0 Å². The SMILES string of the molecule is CC12CC(NC3CC4(CCC4)C34CCC4)(C1)C1(CCC1)O2. The molecule has 2 aliphatic heterocycles. The lowest BCUT2D eigenvalue weighted by atomic mass is 9.33. The van der Waals surface area contributed by atoms with Gasteiger partial charge >= 0.3 is 0 Å². The zero-order valence-corrected chi connectivity index (χ0v) is 13.5. The van der Waals surface area contributed by atoms with E-state index in [1.54, 1.807) is 0 Å². The van der Waals surface area contributed by atoms with Crippen molar-refractivity contribution in [2.24, 2.45) is 10.8 Å². The Labute approximate surface area is 128 Å². The molecule has 5 saturated carbocycles. The predicted molar refractivity (Wildman–Crippen MR) is 82.1 cm³/mol. The first-order valence-electron chi connectivity index (χ1n) is 9.53. The van der Waals surface area contributed by atoms with Gasteiger partial charge < -0.3 is 10.1 Å². The Morgan fingerprint density at radius 1 is 0.905 bits per heavy atom. The molecule has 2 nitrogen and oxygen atoms in total. The van der Waals surface area contributed by atoms with Gasteiger partial charge in [0.05, 0.1) is 16.7 Å². The third kappa shape index (κ3) is 1.11. The third-order valence-electron chi connectivity index (χ3n) is 9.15. The molecule has 2 bridgehead atoms. The van der Waals surface area contributed by atoms with Gasteiger partial charge in [0.1, 0.15) is 0 Å². The van der Waals surface area contributed by atoms with Gasteiger partial charge in [-0.1, -0.05) is 12.8 Å². The Morgan fingerprint density at radius 2 is 1.57 bits per heavy atom. The molecule has 0 aromatic heterocycles. The van der Waals surface area contributed by atoms with E-state index in [-0.39, 0.29) is 11.2 Å². The fourth-order valence-corrected chi connectivity index (χ4v) is 7.79. The van der Waals surface area contributed by atoms with Crippen LogP contribution in [0, 0.1) is 10.8 Å². The predicted octanol–water partition coefficient (Wildman–Crippen LogP) is 3.93. The van der Waals surface area contributed by atoms with E-state index >= 15 is 0 Å². The Hall–Kier alpha value is -0.0800. The zero-order valence-electron chi connectivity index (χ0n) is 13.5. The molecular formula is C19H29NO. The molecule has 0 aromatic carbocycles. The number of hydrogen-bond acceptors (Lipinski definition) is 2. The van der Waals surface area contributed by atoms with Crippen LogP contribution < -0.4 is 5.32 Å². The lowest BCUT2D eigenvalue weighted by Crippen LogP contribution is -2.78. The van der Waals surface area contributed by atoms with Crippen molar-refractivity contribution in [3.8, 4) is 0 Å². The van der Waals surface area contributed by atoms with Crippen LogP contribution in [0.3, 0.4) is 0 Å². The summed E-state index contributed by atoms with van der Waals surface area (Å²) in [5.74, 6) is 0. The largest absolute Gasteiger partial charge is 0.367 e. The molecule has 7 rings (SSSR count). The smallest absolute Gasteiger partial charge is 0.0872 e. The average Bonchev–Trinajstić information content (AvgIpc) is 2.61. The molecule has 0 aromatic rings. The maximum absolute atomic E-state index is 6.57. The van der Waals surface area contributed by atoms with Crippen molar-refractivity contribution in [2.75, 3.05) is 0 Å². The number of hydrogen-bond donors (Lipinski definition) is 1. The first-order chi connectivity index (χ1) is 10.1. The van der Waals surface area contributed by atoms with Gasteiger partial charge in [0.25, 0.3) is 0 Å². The van der Waals surface area contributed by atoms with Crippen LogP contribution in [0.4, 0.5) is 0 Å². The third-order valence-corrected chi connectivity index (χ3v) is 9.15. The lowest BCUT2D eigenvalue weighted by Gasteiger charge is -2.75. The highest BCUT2D eigenvalue weighted by Crippen LogP contribution is 2.76. The molecule has 5 aliphatic carbocycles. The van der Waals surface area contributed by atoms with Crippen molar-refractivity contribution in [2.45, 2.75) is 107 Å². The molecule has 7 aliphatic rings. The van der Waals surface area contributed by atoms with Crippen LogP contribution in [0.5, 0.6) is 0 Å². The summed E-state index contributed by atoms with van der Waals surface area (Å²) in [6, 6.07) is 0.829. The first kappa shape index (κ1) is 12.4. The minimum Gasteiger partial charge on any atom is -0.367 e. The van der Waals surface area contributed by atoms with Gasteiger partial charge in [-0.15, -0.1) is 0 Å². The second kappa shape index (κ2) is 3.24. The van der Waals surface area contributed by atoms with E-state index in [0.717, 1.165) is 16.9 Å². The summed E-state index contributed by atoms with van der Waals surface area (Å²) in [7, 11) is 0. The van der Waals surface area contributed by atoms with Gasteiger partial charge in [-0.25, -0.2) is 0 Å². The van der Waals surface area contributed by atoms with E-state index < -0.39 is 0 Å². The molecule has 1 unspecified atom stereocenters. The average molecular weight is 287 g/mol. The summed E-state index contributed by atoms with van der Waals surface area (Å²) < 4.78 is 6.57. The Balaban J connectivity index is 1.28. The number of ether oxygens (including phenoxy) is 1. The minimum absolute atomic E-state index is 0.220. The summed E-state index contributed by atoms with van der Waals surface area (Å²) in [6.45, 7) is 2.35. The van der Waals surface area contributed by atoms with Crippen LogP contribution >= 0.6 is 0 Å².